The van der Waals surface area contributed by atoms with E-state index in [-0.39, 0.29) is 0 Å². The molecule has 1 nitrogen and oxygen atoms in total. The van der Waals surface area contributed by atoms with E-state index in [9.17, 15) is 0 Å². The summed E-state index contributed by atoms with van der Waals surface area (Å²) in [5.41, 5.74) is 3.74. The minimum Gasteiger partial charge on any atom is -0.488 e. The van der Waals surface area contributed by atoms with Gasteiger partial charge in [-0.1, -0.05) is 48.4 Å². The summed E-state index contributed by atoms with van der Waals surface area (Å²) in [6, 6.07) is 14.5. The van der Waals surface area contributed by atoms with Crippen molar-refractivity contribution in [1.82, 2.24) is 0 Å². The highest BCUT2D eigenvalue weighted by molar-refractivity contribution is 6.30. The largest absolute Gasteiger partial charge is 0.488 e. The molecule has 0 amide bonds. The molecule has 0 saturated heterocycles. The van der Waals surface area contributed by atoms with Gasteiger partial charge < -0.3 is 4.74 Å². The van der Waals surface area contributed by atoms with Crippen molar-refractivity contribution in [2.75, 3.05) is 0 Å². The fraction of sp³-hybridized carbons (Fsp3) is 0.333. The number of aryl methyl sites for hydroxylation is 2. The molecule has 2 aromatic rings. The fourth-order valence-corrected chi connectivity index (χ4v) is 3.07. The monoisotopic (exact) mass is 286 g/mol. The highest BCUT2D eigenvalue weighted by atomic mass is 35.5. The lowest BCUT2D eigenvalue weighted by Crippen LogP contribution is -2.05. The minimum atomic E-state index is 0.627. The van der Waals surface area contributed by atoms with E-state index in [1.807, 2.05) is 18.2 Å². The smallest absolute Gasteiger partial charge is 0.126 e. The molecule has 3 rings (SSSR count). The normalized spacial score (nSPS) is 14.4. The van der Waals surface area contributed by atoms with Crippen LogP contribution in [-0.2, 0) is 19.4 Å². The average molecular weight is 287 g/mol. The van der Waals surface area contributed by atoms with Gasteiger partial charge in [0.2, 0.25) is 0 Å². The van der Waals surface area contributed by atoms with Gasteiger partial charge in [0.05, 0.1) is 0 Å². The summed E-state index contributed by atoms with van der Waals surface area (Å²) in [7, 11) is 0. The summed E-state index contributed by atoms with van der Waals surface area (Å²) in [6.45, 7) is 0.627. The van der Waals surface area contributed by atoms with Gasteiger partial charge in [-0.25, -0.2) is 0 Å². The van der Waals surface area contributed by atoms with Gasteiger partial charge in [0.1, 0.15) is 12.4 Å². The molecule has 0 spiro atoms. The maximum absolute atomic E-state index is 6.22. The molecule has 1 aliphatic carbocycles. The first-order valence-electron chi connectivity index (χ1n) is 7.31. The van der Waals surface area contributed by atoms with Crippen molar-refractivity contribution in [3.8, 4) is 5.75 Å². The molecule has 1 aliphatic rings. The third-order valence-corrected chi connectivity index (χ3v) is 4.04. The van der Waals surface area contributed by atoms with E-state index in [1.54, 1.807) is 0 Å². The molecule has 2 heteroatoms. The maximum atomic E-state index is 6.22. The number of benzene rings is 2. The molecule has 0 atom stereocenters. The van der Waals surface area contributed by atoms with Crippen molar-refractivity contribution in [1.29, 1.82) is 0 Å². The SMILES string of the molecule is Clc1cc2c(OCc3ccccc3)c(c1)CCCCC2. The molecule has 104 valence electrons. The van der Waals surface area contributed by atoms with E-state index in [0.29, 0.717) is 6.61 Å². The van der Waals surface area contributed by atoms with Gasteiger partial charge in [0.25, 0.3) is 0 Å². The van der Waals surface area contributed by atoms with Crippen molar-refractivity contribution in [2.45, 2.75) is 38.7 Å². The van der Waals surface area contributed by atoms with Crippen LogP contribution in [0.1, 0.15) is 36.0 Å². The van der Waals surface area contributed by atoms with Crippen LogP contribution < -0.4 is 4.74 Å². The van der Waals surface area contributed by atoms with Crippen molar-refractivity contribution in [3.05, 3.63) is 64.2 Å². The van der Waals surface area contributed by atoms with Crippen LogP contribution in [0, 0.1) is 0 Å². The first-order chi connectivity index (χ1) is 9.83. The van der Waals surface area contributed by atoms with Gasteiger partial charge in [-0.05, 0) is 54.5 Å². The van der Waals surface area contributed by atoms with Crippen LogP contribution in [0.2, 0.25) is 5.02 Å². The summed E-state index contributed by atoms with van der Waals surface area (Å²) in [5.74, 6) is 1.07. The van der Waals surface area contributed by atoms with Gasteiger partial charge in [-0.2, -0.15) is 0 Å². The highest BCUT2D eigenvalue weighted by Crippen LogP contribution is 2.33. The Balaban J connectivity index is 1.85. The van der Waals surface area contributed by atoms with Crippen LogP contribution in [0.4, 0.5) is 0 Å². The molecule has 0 saturated carbocycles. The predicted molar refractivity (Wildman–Crippen MR) is 83.5 cm³/mol. The zero-order chi connectivity index (χ0) is 13.8. The Hall–Kier alpha value is -1.47. The minimum absolute atomic E-state index is 0.627. The second-order valence-electron chi connectivity index (χ2n) is 5.39. The molecular formula is C18H19ClO. The number of rotatable bonds is 3. The van der Waals surface area contributed by atoms with Gasteiger partial charge in [-0.3, -0.25) is 0 Å². The lowest BCUT2D eigenvalue weighted by atomic mass is 9.95. The number of fused-ring (bicyclic) bond motifs is 2. The van der Waals surface area contributed by atoms with E-state index in [0.717, 1.165) is 23.6 Å². The lowest BCUT2D eigenvalue weighted by molar-refractivity contribution is 0.297. The summed E-state index contributed by atoms with van der Waals surface area (Å²) in [4.78, 5) is 0. The Morgan fingerprint density at radius 2 is 1.55 bits per heavy atom. The molecule has 0 N–H and O–H groups in total. The van der Waals surface area contributed by atoms with Gasteiger partial charge in [-0.15, -0.1) is 0 Å². The van der Waals surface area contributed by atoms with Crippen molar-refractivity contribution < 1.29 is 4.74 Å². The Morgan fingerprint density at radius 3 is 2.20 bits per heavy atom. The maximum Gasteiger partial charge on any atom is 0.126 e. The van der Waals surface area contributed by atoms with Crippen LogP contribution in [0.5, 0.6) is 5.75 Å². The molecule has 0 aliphatic heterocycles. The average Bonchev–Trinajstić information content (AvgIpc) is 2.46. The van der Waals surface area contributed by atoms with Crippen LogP contribution in [0.25, 0.3) is 0 Å². The number of ether oxygens (including phenoxy) is 1. The van der Waals surface area contributed by atoms with E-state index >= 15 is 0 Å². The third-order valence-electron chi connectivity index (χ3n) is 3.83. The van der Waals surface area contributed by atoms with Crippen molar-refractivity contribution in [3.63, 3.8) is 0 Å². The van der Waals surface area contributed by atoms with E-state index in [4.69, 9.17) is 16.3 Å². The van der Waals surface area contributed by atoms with Gasteiger partial charge in [0.15, 0.2) is 0 Å². The summed E-state index contributed by atoms with van der Waals surface area (Å²) in [5, 5.41) is 0.837. The second kappa shape index (κ2) is 6.32. The summed E-state index contributed by atoms with van der Waals surface area (Å²) < 4.78 is 6.13. The molecule has 0 aromatic heterocycles. The van der Waals surface area contributed by atoms with Crippen molar-refractivity contribution in [2.24, 2.45) is 0 Å². The highest BCUT2D eigenvalue weighted by Gasteiger charge is 2.14. The van der Waals surface area contributed by atoms with Crippen molar-refractivity contribution >= 4 is 11.6 Å². The van der Waals surface area contributed by atoms with E-state index < -0.39 is 0 Å². The van der Waals surface area contributed by atoms with E-state index in [1.165, 1.54) is 36.0 Å². The quantitative estimate of drug-likeness (QED) is 0.755. The standard InChI is InChI=1S/C18H19ClO/c19-17-11-15-9-5-2-6-10-16(12-17)18(15)20-13-14-7-3-1-4-8-14/h1,3-4,7-8,11-12H,2,5-6,9-10,13H2. The molecule has 2 aromatic carbocycles. The second-order valence-corrected chi connectivity index (χ2v) is 5.82. The molecule has 0 heterocycles. The molecule has 0 fully saturated rings. The third kappa shape index (κ3) is 3.16. The first kappa shape index (κ1) is 13.5. The molecule has 2 bridgehead atoms. The predicted octanol–water partition coefficient (Wildman–Crippen LogP) is 5.19. The Labute approximate surface area is 125 Å². The Bertz CT molecular complexity index is 550. The molecule has 0 radical (unpaired) electrons. The first-order valence-corrected chi connectivity index (χ1v) is 7.69. The Morgan fingerprint density at radius 1 is 0.900 bits per heavy atom. The topological polar surface area (TPSA) is 9.23 Å². The number of hydrogen-bond acceptors (Lipinski definition) is 1. The fourth-order valence-electron chi connectivity index (χ4n) is 2.81. The van der Waals surface area contributed by atoms with E-state index in [2.05, 4.69) is 24.3 Å². The summed E-state index contributed by atoms with van der Waals surface area (Å²) >= 11 is 6.22. The lowest BCUT2D eigenvalue weighted by Gasteiger charge is -2.19. The molecule has 20 heavy (non-hydrogen) atoms. The number of hydrogen-bond donors (Lipinski definition) is 0. The molecule has 0 unspecified atom stereocenters. The van der Waals surface area contributed by atoms with Crippen LogP contribution in [0.15, 0.2) is 42.5 Å². The van der Waals surface area contributed by atoms with Crippen LogP contribution in [0.3, 0.4) is 0 Å². The zero-order valence-electron chi connectivity index (χ0n) is 11.6. The number of halogens is 1. The van der Waals surface area contributed by atoms with Gasteiger partial charge in [0, 0.05) is 5.02 Å². The molecular weight excluding hydrogens is 268 g/mol. The summed E-state index contributed by atoms with van der Waals surface area (Å²) in [6.07, 6.45) is 5.87. The Kier molecular flexibility index (Phi) is 4.27. The van der Waals surface area contributed by atoms with Crippen LogP contribution >= 0.6 is 11.6 Å². The zero-order valence-corrected chi connectivity index (χ0v) is 12.3. The van der Waals surface area contributed by atoms with Crippen LogP contribution in [-0.4, -0.2) is 0 Å². The van der Waals surface area contributed by atoms with Gasteiger partial charge >= 0.3 is 0 Å².